The van der Waals surface area contributed by atoms with Gasteiger partial charge in [-0.2, -0.15) is 0 Å². The molecule has 170 valence electrons. The zero-order valence-electron chi connectivity index (χ0n) is 18.8. The van der Waals surface area contributed by atoms with Crippen molar-refractivity contribution in [2.24, 2.45) is 5.92 Å². The highest BCUT2D eigenvalue weighted by Gasteiger charge is 2.27. The number of benzene rings is 1. The maximum atomic E-state index is 12.8. The predicted molar refractivity (Wildman–Crippen MR) is 121 cm³/mol. The van der Waals surface area contributed by atoms with Crippen molar-refractivity contribution in [2.75, 3.05) is 19.7 Å². The number of carbonyl (C=O) groups excluding carboxylic acids is 2. The Hall–Kier alpha value is -2.80. The normalized spacial score (nSPS) is 19.2. The molecule has 32 heavy (non-hydrogen) atoms. The van der Waals surface area contributed by atoms with Gasteiger partial charge in [-0.1, -0.05) is 30.3 Å². The summed E-state index contributed by atoms with van der Waals surface area (Å²) in [6.07, 6.45) is 6.85. The van der Waals surface area contributed by atoms with Crippen LogP contribution in [0.4, 0.5) is 0 Å². The molecule has 1 atom stereocenters. The van der Waals surface area contributed by atoms with Gasteiger partial charge in [0.05, 0.1) is 23.8 Å². The van der Waals surface area contributed by atoms with Crippen LogP contribution >= 0.6 is 0 Å². The maximum Gasteiger partial charge on any atom is 0.254 e. The number of aromatic nitrogens is 2. The molecule has 2 saturated heterocycles. The lowest BCUT2D eigenvalue weighted by molar-refractivity contribution is -0.134. The van der Waals surface area contributed by atoms with Crippen LogP contribution < -0.4 is 5.32 Å². The van der Waals surface area contributed by atoms with E-state index in [2.05, 4.69) is 15.3 Å². The predicted octanol–water partition coefficient (Wildman–Crippen LogP) is 3.07. The Labute approximate surface area is 189 Å². The average molecular weight is 437 g/mol. The third-order valence-corrected chi connectivity index (χ3v) is 6.40. The van der Waals surface area contributed by atoms with Crippen LogP contribution in [0.1, 0.15) is 59.5 Å². The number of hydrogen-bond acceptors (Lipinski definition) is 5. The molecule has 1 N–H and O–H groups in total. The Morgan fingerprint density at radius 3 is 2.66 bits per heavy atom. The molecule has 0 saturated carbocycles. The van der Waals surface area contributed by atoms with Crippen molar-refractivity contribution in [1.82, 2.24) is 20.2 Å². The lowest BCUT2D eigenvalue weighted by atomic mass is 9.90. The molecule has 2 aliphatic heterocycles. The Morgan fingerprint density at radius 1 is 1.16 bits per heavy atom. The van der Waals surface area contributed by atoms with Crippen LogP contribution in [0.15, 0.2) is 36.5 Å². The molecule has 3 heterocycles. The van der Waals surface area contributed by atoms with E-state index in [1.165, 1.54) is 0 Å². The van der Waals surface area contributed by atoms with Crippen LogP contribution in [0, 0.1) is 12.8 Å². The molecule has 1 aromatic heterocycles. The first-order chi connectivity index (χ1) is 15.6. The van der Waals surface area contributed by atoms with Gasteiger partial charge in [0, 0.05) is 32.4 Å². The highest BCUT2D eigenvalue weighted by Crippen LogP contribution is 2.24. The lowest BCUT2D eigenvalue weighted by Crippen LogP contribution is -2.40. The molecule has 0 spiro atoms. The number of piperidine rings is 1. The highest BCUT2D eigenvalue weighted by atomic mass is 16.5. The first-order valence-corrected chi connectivity index (χ1v) is 11.6. The molecule has 0 unspecified atom stereocenters. The fourth-order valence-corrected chi connectivity index (χ4v) is 4.52. The van der Waals surface area contributed by atoms with E-state index in [9.17, 15) is 9.59 Å². The number of nitrogens with one attached hydrogen (secondary N) is 1. The zero-order chi connectivity index (χ0) is 22.3. The number of likely N-dealkylation sites (tertiary alicyclic amines) is 1. The summed E-state index contributed by atoms with van der Waals surface area (Å²) >= 11 is 0. The van der Waals surface area contributed by atoms with E-state index < -0.39 is 0 Å². The summed E-state index contributed by atoms with van der Waals surface area (Å²) in [6.45, 7) is 4.62. The second kappa shape index (κ2) is 10.7. The Morgan fingerprint density at radius 2 is 1.94 bits per heavy atom. The van der Waals surface area contributed by atoms with Gasteiger partial charge in [0.25, 0.3) is 5.91 Å². The van der Waals surface area contributed by atoms with Crippen molar-refractivity contribution >= 4 is 11.8 Å². The van der Waals surface area contributed by atoms with E-state index in [-0.39, 0.29) is 17.9 Å². The molecular formula is C25H32N4O3. The monoisotopic (exact) mass is 436 g/mol. The second-order valence-electron chi connectivity index (χ2n) is 8.81. The number of ether oxygens (including phenoxy) is 1. The molecule has 0 radical (unpaired) electrons. The molecule has 0 bridgehead atoms. The van der Waals surface area contributed by atoms with Crippen LogP contribution in [-0.2, 0) is 22.5 Å². The zero-order valence-corrected chi connectivity index (χ0v) is 18.8. The summed E-state index contributed by atoms with van der Waals surface area (Å²) in [5.41, 5.74) is 2.39. The first kappa shape index (κ1) is 22.4. The van der Waals surface area contributed by atoms with E-state index in [0.29, 0.717) is 30.3 Å². The minimum atomic E-state index is -0.145. The smallest absolute Gasteiger partial charge is 0.254 e. The van der Waals surface area contributed by atoms with Crippen LogP contribution in [0.5, 0.6) is 0 Å². The van der Waals surface area contributed by atoms with E-state index in [1.54, 1.807) is 6.20 Å². The molecule has 0 aliphatic carbocycles. The van der Waals surface area contributed by atoms with Gasteiger partial charge in [-0.3, -0.25) is 9.59 Å². The summed E-state index contributed by atoms with van der Waals surface area (Å²) < 4.78 is 5.61. The SMILES string of the molecule is Cc1ncc(C(=O)NCc2ccccc2)c(CC2CCN(C(=O)C[C@H]3CCCO3)CC2)n1. The summed E-state index contributed by atoms with van der Waals surface area (Å²) in [6, 6.07) is 9.85. The maximum absolute atomic E-state index is 12.8. The van der Waals surface area contributed by atoms with Crippen molar-refractivity contribution in [2.45, 2.75) is 58.1 Å². The van der Waals surface area contributed by atoms with E-state index in [0.717, 1.165) is 63.1 Å². The summed E-state index contributed by atoms with van der Waals surface area (Å²) in [4.78, 5) is 36.2. The number of carbonyl (C=O) groups is 2. The number of amides is 2. The summed E-state index contributed by atoms with van der Waals surface area (Å²) in [7, 11) is 0. The van der Waals surface area contributed by atoms with Crippen molar-refractivity contribution in [3.05, 3.63) is 59.2 Å². The largest absolute Gasteiger partial charge is 0.378 e. The van der Waals surface area contributed by atoms with Crippen molar-refractivity contribution in [3.8, 4) is 0 Å². The van der Waals surface area contributed by atoms with Gasteiger partial charge in [0.15, 0.2) is 0 Å². The Bertz CT molecular complexity index is 920. The fraction of sp³-hybridized carbons (Fsp3) is 0.520. The molecular weight excluding hydrogens is 404 g/mol. The Balaban J connectivity index is 1.32. The number of hydrogen-bond donors (Lipinski definition) is 1. The van der Waals surface area contributed by atoms with E-state index in [4.69, 9.17) is 4.74 Å². The van der Waals surface area contributed by atoms with Gasteiger partial charge >= 0.3 is 0 Å². The van der Waals surface area contributed by atoms with Crippen LogP contribution in [0.3, 0.4) is 0 Å². The van der Waals surface area contributed by atoms with E-state index in [1.807, 2.05) is 42.2 Å². The second-order valence-corrected chi connectivity index (χ2v) is 8.81. The van der Waals surface area contributed by atoms with Crippen molar-refractivity contribution in [1.29, 1.82) is 0 Å². The average Bonchev–Trinajstić information content (AvgIpc) is 3.32. The molecule has 1 aromatic carbocycles. The van der Waals surface area contributed by atoms with Crippen LogP contribution in [0.2, 0.25) is 0 Å². The molecule has 7 nitrogen and oxygen atoms in total. The van der Waals surface area contributed by atoms with Gasteiger partial charge < -0.3 is 15.0 Å². The van der Waals surface area contributed by atoms with Crippen LogP contribution in [0.25, 0.3) is 0 Å². The molecule has 2 aliphatic rings. The number of rotatable bonds is 7. The fourth-order valence-electron chi connectivity index (χ4n) is 4.52. The van der Waals surface area contributed by atoms with Gasteiger partial charge in [-0.15, -0.1) is 0 Å². The van der Waals surface area contributed by atoms with E-state index >= 15 is 0 Å². The first-order valence-electron chi connectivity index (χ1n) is 11.6. The van der Waals surface area contributed by atoms with Crippen molar-refractivity contribution < 1.29 is 14.3 Å². The standard InChI is InChI=1S/C25H32N4O3/c1-18-26-17-22(25(31)27-16-20-6-3-2-4-7-20)23(28-18)14-19-9-11-29(12-10-19)24(30)15-21-8-5-13-32-21/h2-4,6-7,17,19,21H,5,8-16H2,1H3,(H,27,31)/t21-/m1/s1. The van der Waals surface area contributed by atoms with Gasteiger partial charge in [0.2, 0.25) is 5.91 Å². The number of nitrogens with zero attached hydrogens (tertiary/aromatic N) is 3. The van der Waals surface area contributed by atoms with Gasteiger partial charge in [0.1, 0.15) is 5.82 Å². The number of aryl methyl sites for hydroxylation is 1. The third-order valence-electron chi connectivity index (χ3n) is 6.40. The quantitative estimate of drug-likeness (QED) is 0.721. The van der Waals surface area contributed by atoms with Crippen molar-refractivity contribution in [3.63, 3.8) is 0 Å². The molecule has 2 amide bonds. The summed E-state index contributed by atoms with van der Waals surface area (Å²) in [5.74, 6) is 1.13. The van der Waals surface area contributed by atoms with Gasteiger partial charge in [-0.05, 0) is 50.5 Å². The minimum Gasteiger partial charge on any atom is -0.378 e. The topological polar surface area (TPSA) is 84.4 Å². The minimum absolute atomic E-state index is 0.0983. The molecule has 7 heteroatoms. The highest BCUT2D eigenvalue weighted by molar-refractivity contribution is 5.94. The molecule has 2 fully saturated rings. The van der Waals surface area contributed by atoms with Gasteiger partial charge in [-0.25, -0.2) is 9.97 Å². The third kappa shape index (κ3) is 5.91. The Kier molecular flexibility index (Phi) is 7.47. The van der Waals surface area contributed by atoms with Crippen LogP contribution in [-0.4, -0.2) is 52.5 Å². The lowest BCUT2D eigenvalue weighted by Gasteiger charge is -2.32. The molecule has 2 aromatic rings. The molecule has 4 rings (SSSR count). The summed E-state index contributed by atoms with van der Waals surface area (Å²) in [5, 5.41) is 2.98.